The molecule has 0 saturated heterocycles. The molecule has 2 heterocycles. The molecule has 2 aromatic carbocycles. The first kappa shape index (κ1) is 23.4. The summed E-state index contributed by atoms with van der Waals surface area (Å²) < 4.78 is 28.3. The van der Waals surface area contributed by atoms with Crippen LogP contribution in [0, 0.1) is 13.8 Å². The molecule has 4 N–H and O–H groups in total. The smallest absolute Gasteiger partial charge is 0.410 e. The van der Waals surface area contributed by atoms with Crippen molar-refractivity contribution in [1.29, 1.82) is 0 Å². The Kier molecular flexibility index (Phi) is 5.09. The van der Waals surface area contributed by atoms with Crippen molar-refractivity contribution >= 4 is 23.5 Å². The fraction of sp³-hybridized carbons (Fsp3) is 0.292. The van der Waals surface area contributed by atoms with Gasteiger partial charge in [-0.25, -0.2) is 18.4 Å². The minimum absolute atomic E-state index is 0.322. The average Bonchev–Trinajstić information content (AvgIpc) is 3.03. The van der Waals surface area contributed by atoms with Crippen LogP contribution >= 0.6 is 0 Å². The van der Waals surface area contributed by atoms with Gasteiger partial charge < -0.3 is 10.4 Å². The summed E-state index contributed by atoms with van der Waals surface area (Å²) in [6.45, 7) is 3.65. The highest BCUT2D eigenvalue weighted by Gasteiger charge is 2.64. The lowest BCUT2D eigenvalue weighted by Crippen LogP contribution is -2.53. The number of aromatic nitrogens is 3. The lowest BCUT2D eigenvalue weighted by Gasteiger charge is -2.43. The van der Waals surface area contributed by atoms with Gasteiger partial charge in [-0.1, -0.05) is 12.1 Å². The lowest BCUT2D eigenvalue weighted by molar-refractivity contribution is -0.152. The van der Waals surface area contributed by atoms with Crippen molar-refractivity contribution in [2.75, 3.05) is 10.6 Å². The van der Waals surface area contributed by atoms with Gasteiger partial charge in [0.1, 0.15) is 0 Å². The second kappa shape index (κ2) is 7.83. The van der Waals surface area contributed by atoms with Crippen LogP contribution in [0.1, 0.15) is 40.7 Å². The molecule has 12 heteroatoms. The van der Waals surface area contributed by atoms with Crippen molar-refractivity contribution < 1.29 is 23.5 Å². The number of hydrogen-bond donors (Lipinski definition) is 4. The predicted octanol–water partition coefficient (Wildman–Crippen LogP) is 2.84. The number of rotatable bonds is 4. The minimum atomic E-state index is -2.86. The highest BCUT2D eigenvalue weighted by atomic mass is 19.3. The molecule has 1 aliphatic heterocycles. The number of aromatic amines is 1. The molecule has 1 aliphatic carbocycles. The number of carbonyl (C=O) groups is 2. The number of benzene rings is 2. The van der Waals surface area contributed by atoms with E-state index in [1.54, 1.807) is 24.3 Å². The fourth-order valence-electron chi connectivity index (χ4n) is 5.09. The van der Waals surface area contributed by atoms with Crippen LogP contribution in [0.5, 0.6) is 0 Å². The molecule has 0 bridgehead atoms. The molecule has 1 saturated carbocycles. The van der Waals surface area contributed by atoms with Gasteiger partial charge in [-0.05, 0) is 66.3 Å². The number of hydrogen-bond acceptors (Lipinski definition) is 5. The third-order valence-electron chi connectivity index (χ3n) is 6.76. The van der Waals surface area contributed by atoms with Gasteiger partial charge in [0.05, 0.1) is 11.1 Å². The number of nitrogens with zero attached hydrogens (tertiary/aromatic N) is 2. The van der Waals surface area contributed by atoms with E-state index in [0.29, 0.717) is 23.4 Å². The van der Waals surface area contributed by atoms with Gasteiger partial charge in [0, 0.05) is 18.5 Å². The van der Waals surface area contributed by atoms with Crippen molar-refractivity contribution in [2.45, 2.75) is 44.4 Å². The number of fused-ring (bicyclic) bond motifs is 2. The zero-order valence-electron chi connectivity index (χ0n) is 19.2. The van der Waals surface area contributed by atoms with Crippen LogP contribution in [0.15, 0.2) is 39.9 Å². The molecule has 2 aliphatic rings. The highest BCUT2D eigenvalue weighted by molar-refractivity contribution is 6.07. The summed E-state index contributed by atoms with van der Waals surface area (Å²) in [5, 5.41) is 17.3. The predicted molar refractivity (Wildman–Crippen MR) is 125 cm³/mol. The van der Waals surface area contributed by atoms with Gasteiger partial charge in [0.25, 0.3) is 11.5 Å². The quantitative estimate of drug-likeness (QED) is 0.436. The topological polar surface area (TPSA) is 146 Å². The minimum Gasteiger partial charge on any atom is -0.465 e. The number of amides is 2. The maximum absolute atomic E-state index is 13.7. The second-order valence-electron chi connectivity index (χ2n) is 9.31. The van der Waals surface area contributed by atoms with Crippen LogP contribution in [0.4, 0.5) is 25.1 Å². The lowest BCUT2D eigenvalue weighted by atomic mass is 9.62. The van der Waals surface area contributed by atoms with E-state index in [0.717, 1.165) is 26.9 Å². The van der Waals surface area contributed by atoms with Gasteiger partial charge in [-0.15, -0.1) is 5.10 Å². The molecule has 1 aromatic heterocycles. The molecule has 1 spiro atoms. The molecule has 5 rings (SSSR count). The normalized spacial score (nSPS) is 16.8. The van der Waals surface area contributed by atoms with Gasteiger partial charge in [-0.2, -0.15) is 4.68 Å². The SMILES string of the molecule is Cc1cc(-n2nc(NC(=O)O)c(=O)[nH]c2=O)cc(C)c1Cc1ccc2c(c1)C1(CC(F)(F)C1)C(=O)N2. The molecule has 1 fully saturated rings. The van der Waals surface area contributed by atoms with Crippen LogP contribution in [-0.2, 0) is 16.6 Å². The molecule has 0 atom stereocenters. The van der Waals surface area contributed by atoms with Crippen LogP contribution < -0.4 is 21.9 Å². The number of alkyl halides is 2. The van der Waals surface area contributed by atoms with Crippen molar-refractivity contribution in [3.63, 3.8) is 0 Å². The summed E-state index contributed by atoms with van der Waals surface area (Å²) >= 11 is 0. The molecule has 10 nitrogen and oxygen atoms in total. The summed E-state index contributed by atoms with van der Waals surface area (Å²) in [6, 6.07) is 8.71. The molecule has 0 unspecified atom stereocenters. The van der Waals surface area contributed by atoms with Gasteiger partial charge in [0.2, 0.25) is 11.7 Å². The fourth-order valence-corrected chi connectivity index (χ4v) is 5.09. The number of carboxylic acid groups (broad SMARTS) is 1. The summed E-state index contributed by atoms with van der Waals surface area (Å²) in [5.41, 5.74) is 1.81. The number of nitrogens with one attached hydrogen (secondary N) is 3. The van der Waals surface area contributed by atoms with Crippen LogP contribution in [0.25, 0.3) is 5.69 Å². The Bertz CT molecular complexity index is 1540. The number of aryl methyl sites for hydroxylation is 2. The molecular weight excluding hydrogens is 476 g/mol. The average molecular weight is 497 g/mol. The Hall–Kier alpha value is -4.35. The van der Waals surface area contributed by atoms with E-state index in [2.05, 4.69) is 10.4 Å². The van der Waals surface area contributed by atoms with Crippen LogP contribution in [-0.4, -0.2) is 37.8 Å². The van der Waals surface area contributed by atoms with E-state index in [4.69, 9.17) is 5.11 Å². The zero-order chi connectivity index (χ0) is 26.0. The zero-order valence-corrected chi connectivity index (χ0v) is 19.2. The summed E-state index contributed by atoms with van der Waals surface area (Å²) in [4.78, 5) is 49.6. The Morgan fingerprint density at radius 3 is 2.42 bits per heavy atom. The van der Waals surface area contributed by atoms with E-state index in [1.807, 2.05) is 30.2 Å². The van der Waals surface area contributed by atoms with Crippen molar-refractivity contribution in [3.8, 4) is 5.69 Å². The Labute approximate surface area is 202 Å². The number of H-pyrrole nitrogens is 1. The van der Waals surface area contributed by atoms with E-state index in [-0.39, 0.29) is 0 Å². The van der Waals surface area contributed by atoms with Crippen molar-refractivity contribution in [1.82, 2.24) is 14.8 Å². The van der Waals surface area contributed by atoms with Crippen molar-refractivity contribution in [2.24, 2.45) is 0 Å². The maximum atomic E-state index is 13.7. The van der Waals surface area contributed by atoms with Gasteiger partial charge in [-0.3, -0.25) is 19.9 Å². The molecule has 0 radical (unpaired) electrons. The Balaban J connectivity index is 1.48. The van der Waals surface area contributed by atoms with E-state index in [9.17, 15) is 28.0 Å². The molecule has 3 aromatic rings. The highest BCUT2D eigenvalue weighted by Crippen LogP contribution is 2.58. The number of carbonyl (C=O) groups excluding carboxylic acids is 1. The molecule has 186 valence electrons. The Morgan fingerprint density at radius 2 is 1.81 bits per heavy atom. The summed E-state index contributed by atoms with van der Waals surface area (Å²) in [7, 11) is 0. The second-order valence-corrected chi connectivity index (χ2v) is 9.31. The van der Waals surface area contributed by atoms with E-state index in [1.165, 1.54) is 0 Å². The third kappa shape index (κ3) is 3.74. The first-order valence-corrected chi connectivity index (χ1v) is 11.1. The first-order valence-electron chi connectivity index (χ1n) is 11.1. The van der Waals surface area contributed by atoms with Gasteiger partial charge >= 0.3 is 11.8 Å². The molecule has 36 heavy (non-hydrogen) atoms. The van der Waals surface area contributed by atoms with E-state index >= 15 is 0 Å². The summed E-state index contributed by atoms with van der Waals surface area (Å²) in [6.07, 6.45) is -2.06. The maximum Gasteiger partial charge on any atom is 0.410 e. The van der Waals surface area contributed by atoms with E-state index < -0.39 is 53.2 Å². The van der Waals surface area contributed by atoms with Crippen molar-refractivity contribution in [3.05, 3.63) is 79.0 Å². The third-order valence-corrected chi connectivity index (χ3v) is 6.76. The standard InChI is InChI=1S/C24H21F2N5O5/c1-11-5-14(31-21(34)29-19(32)18(30-31)28-22(35)36)6-12(2)15(11)7-13-3-4-17-16(8-13)23(20(33)27-17)9-24(25,26)10-23/h3-6,8H,7,9-10H2,1-2H3,(H,27,33)(H,28,30)(H,35,36)(H,29,32,34). The largest absolute Gasteiger partial charge is 0.465 e. The summed E-state index contributed by atoms with van der Waals surface area (Å²) in [5.74, 6) is -3.79. The number of halogens is 2. The first-order chi connectivity index (χ1) is 16.9. The molecule has 2 amide bonds. The number of anilines is 2. The Morgan fingerprint density at radius 1 is 1.14 bits per heavy atom. The van der Waals surface area contributed by atoms with Crippen LogP contribution in [0.2, 0.25) is 0 Å². The van der Waals surface area contributed by atoms with Gasteiger partial charge in [0.15, 0.2) is 0 Å². The van der Waals surface area contributed by atoms with Crippen LogP contribution in [0.3, 0.4) is 0 Å². The molecular formula is C24H21F2N5O5. The monoisotopic (exact) mass is 497 g/mol.